The second-order valence-corrected chi connectivity index (χ2v) is 5.48. The second-order valence-electron chi connectivity index (χ2n) is 4.22. The maximum atomic E-state index is 13.2. The van der Waals surface area contributed by atoms with Crippen LogP contribution < -0.4 is 10.2 Å². The minimum absolute atomic E-state index is 0.312. The van der Waals surface area contributed by atoms with Crippen molar-refractivity contribution >= 4 is 33.2 Å². The van der Waals surface area contributed by atoms with E-state index in [0.717, 1.165) is 36.2 Å². The molecule has 1 atom stereocenters. The SMILES string of the molecule is CCC1CN(c2c(Cl)cc(F)cc2Br)CCN1. The van der Waals surface area contributed by atoms with Crippen LogP contribution in [0.15, 0.2) is 16.6 Å². The molecule has 5 heteroatoms. The van der Waals surface area contributed by atoms with Crippen LogP contribution in [-0.4, -0.2) is 25.7 Å². The summed E-state index contributed by atoms with van der Waals surface area (Å²) >= 11 is 9.52. The van der Waals surface area contributed by atoms with E-state index < -0.39 is 0 Å². The van der Waals surface area contributed by atoms with Crippen molar-refractivity contribution in [3.8, 4) is 0 Å². The third-order valence-corrected chi connectivity index (χ3v) is 3.94. The van der Waals surface area contributed by atoms with Crippen LogP contribution in [0, 0.1) is 5.82 Å². The Morgan fingerprint density at radius 1 is 1.59 bits per heavy atom. The number of nitrogens with one attached hydrogen (secondary N) is 1. The van der Waals surface area contributed by atoms with Crippen LogP contribution in [0.3, 0.4) is 0 Å². The van der Waals surface area contributed by atoms with E-state index in [1.807, 2.05) is 0 Å². The molecule has 17 heavy (non-hydrogen) atoms. The molecule has 1 unspecified atom stereocenters. The van der Waals surface area contributed by atoms with E-state index in [1.165, 1.54) is 12.1 Å². The normalized spacial score (nSPS) is 20.7. The molecule has 0 spiro atoms. The maximum Gasteiger partial charge on any atom is 0.125 e. The number of hydrogen-bond acceptors (Lipinski definition) is 2. The second kappa shape index (κ2) is 5.55. The average molecular weight is 322 g/mol. The van der Waals surface area contributed by atoms with E-state index in [0.29, 0.717) is 11.1 Å². The number of hydrogen-bond donors (Lipinski definition) is 1. The van der Waals surface area contributed by atoms with Gasteiger partial charge in [0.1, 0.15) is 5.82 Å². The molecule has 2 nitrogen and oxygen atoms in total. The molecule has 0 aliphatic carbocycles. The molecule has 1 fully saturated rings. The van der Waals surface area contributed by atoms with Gasteiger partial charge in [-0.2, -0.15) is 0 Å². The van der Waals surface area contributed by atoms with Gasteiger partial charge in [0.25, 0.3) is 0 Å². The fourth-order valence-corrected chi connectivity index (χ4v) is 3.26. The zero-order chi connectivity index (χ0) is 12.4. The molecule has 1 aliphatic heterocycles. The zero-order valence-electron chi connectivity index (χ0n) is 9.64. The number of piperazine rings is 1. The van der Waals surface area contributed by atoms with E-state index >= 15 is 0 Å². The van der Waals surface area contributed by atoms with Gasteiger partial charge < -0.3 is 10.2 Å². The lowest BCUT2D eigenvalue weighted by molar-refractivity contribution is 0.446. The highest BCUT2D eigenvalue weighted by atomic mass is 79.9. The molecule has 0 bridgehead atoms. The summed E-state index contributed by atoms with van der Waals surface area (Å²) in [5, 5.41) is 3.91. The van der Waals surface area contributed by atoms with Crippen LogP contribution in [0.25, 0.3) is 0 Å². The molecule has 0 saturated carbocycles. The Labute approximate surface area is 114 Å². The Morgan fingerprint density at radius 2 is 2.35 bits per heavy atom. The van der Waals surface area contributed by atoms with Crippen LogP contribution in [0.5, 0.6) is 0 Å². The summed E-state index contributed by atoms with van der Waals surface area (Å²) in [5.41, 5.74) is 0.896. The fourth-order valence-electron chi connectivity index (χ4n) is 2.14. The molecule has 0 radical (unpaired) electrons. The Bertz CT molecular complexity index is 390. The van der Waals surface area contributed by atoms with Crippen LogP contribution >= 0.6 is 27.5 Å². The molecule has 1 saturated heterocycles. The molecule has 2 rings (SSSR count). The highest BCUT2D eigenvalue weighted by molar-refractivity contribution is 9.10. The Kier molecular flexibility index (Phi) is 4.28. The van der Waals surface area contributed by atoms with Crippen molar-refractivity contribution in [3.63, 3.8) is 0 Å². The predicted octanol–water partition coefficient (Wildman–Crippen LogP) is 3.43. The van der Waals surface area contributed by atoms with E-state index in [1.54, 1.807) is 0 Å². The van der Waals surface area contributed by atoms with Gasteiger partial charge in [-0.15, -0.1) is 0 Å². The van der Waals surface area contributed by atoms with Crippen molar-refractivity contribution in [2.75, 3.05) is 24.5 Å². The first-order valence-corrected chi connectivity index (χ1v) is 6.91. The lowest BCUT2D eigenvalue weighted by Gasteiger charge is -2.36. The molecule has 1 N–H and O–H groups in total. The summed E-state index contributed by atoms with van der Waals surface area (Å²) in [5.74, 6) is -0.312. The van der Waals surface area contributed by atoms with Gasteiger partial charge in [-0.05, 0) is 34.5 Å². The first kappa shape index (κ1) is 13.1. The molecule has 94 valence electrons. The van der Waals surface area contributed by atoms with Crippen molar-refractivity contribution in [3.05, 3.63) is 27.4 Å². The number of rotatable bonds is 2. The summed E-state index contributed by atoms with van der Waals surface area (Å²) < 4.78 is 13.9. The summed E-state index contributed by atoms with van der Waals surface area (Å²) in [6.45, 7) is 4.88. The van der Waals surface area contributed by atoms with Gasteiger partial charge in [-0.1, -0.05) is 18.5 Å². The summed E-state index contributed by atoms with van der Waals surface area (Å²) in [6, 6.07) is 3.30. The first-order valence-electron chi connectivity index (χ1n) is 5.74. The topological polar surface area (TPSA) is 15.3 Å². The Hall–Kier alpha value is -0.320. The number of nitrogens with zero attached hydrogens (tertiary/aromatic N) is 1. The molecule has 1 heterocycles. The number of anilines is 1. The van der Waals surface area contributed by atoms with Crippen molar-refractivity contribution in [1.29, 1.82) is 0 Å². The number of benzene rings is 1. The summed E-state index contributed by atoms with van der Waals surface area (Å²) in [6.07, 6.45) is 1.08. The molecular weight excluding hydrogens is 307 g/mol. The smallest absolute Gasteiger partial charge is 0.125 e. The predicted molar refractivity (Wildman–Crippen MR) is 73.4 cm³/mol. The zero-order valence-corrected chi connectivity index (χ0v) is 12.0. The Morgan fingerprint density at radius 3 is 3.00 bits per heavy atom. The molecule has 1 aliphatic rings. The summed E-state index contributed by atoms with van der Waals surface area (Å²) in [4.78, 5) is 2.20. The molecular formula is C12H15BrClFN2. The van der Waals surface area contributed by atoms with Gasteiger partial charge in [0, 0.05) is 30.1 Å². The van der Waals surface area contributed by atoms with Crippen molar-refractivity contribution in [1.82, 2.24) is 5.32 Å². The van der Waals surface area contributed by atoms with E-state index in [9.17, 15) is 4.39 Å². The summed E-state index contributed by atoms with van der Waals surface area (Å²) in [7, 11) is 0. The van der Waals surface area contributed by atoms with Gasteiger partial charge in [0.05, 0.1) is 10.7 Å². The van der Waals surface area contributed by atoms with Gasteiger partial charge in [-0.25, -0.2) is 4.39 Å². The highest BCUT2D eigenvalue weighted by Gasteiger charge is 2.22. The van der Waals surface area contributed by atoms with Crippen LogP contribution in [0.2, 0.25) is 5.02 Å². The van der Waals surface area contributed by atoms with E-state index in [-0.39, 0.29) is 5.82 Å². The molecule has 0 aromatic heterocycles. The third-order valence-electron chi connectivity index (χ3n) is 3.05. The first-order chi connectivity index (χ1) is 8.11. The van der Waals surface area contributed by atoms with Crippen molar-refractivity contribution in [2.24, 2.45) is 0 Å². The van der Waals surface area contributed by atoms with Crippen molar-refractivity contribution in [2.45, 2.75) is 19.4 Å². The maximum absolute atomic E-state index is 13.2. The lowest BCUT2D eigenvalue weighted by Crippen LogP contribution is -2.50. The van der Waals surface area contributed by atoms with Gasteiger partial charge >= 0.3 is 0 Å². The molecule has 1 aromatic carbocycles. The standard InChI is InChI=1S/C12H15BrClFN2/c1-2-9-7-17(4-3-16-9)12-10(13)5-8(15)6-11(12)14/h5-6,9,16H,2-4,7H2,1H3. The number of halogens is 3. The van der Waals surface area contributed by atoms with Gasteiger partial charge in [-0.3, -0.25) is 0 Å². The average Bonchev–Trinajstić information content (AvgIpc) is 2.28. The quantitative estimate of drug-likeness (QED) is 0.898. The Balaban J connectivity index is 2.27. The van der Waals surface area contributed by atoms with Gasteiger partial charge in [0.2, 0.25) is 0 Å². The monoisotopic (exact) mass is 320 g/mol. The minimum atomic E-state index is -0.312. The lowest BCUT2D eigenvalue weighted by atomic mass is 10.1. The molecule has 1 aromatic rings. The fraction of sp³-hybridized carbons (Fsp3) is 0.500. The molecule has 0 amide bonds. The van der Waals surface area contributed by atoms with Crippen molar-refractivity contribution < 1.29 is 4.39 Å². The van der Waals surface area contributed by atoms with Gasteiger partial charge in [0.15, 0.2) is 0 Å². The minimum Gasteiger partial charge on any atom is -0.367 e. The highest BCUT2D eigenvalue weighted by Crippen LogP contribution is 2.35. The van der Waals surface area contributed by atoms with Crippen LogP contribution in [-0.2, 0) is 0 Å². The van der Waals surface area contributed by atoms with Crippen LogP contribution in [0.1, 0.15) is 13.3 Å². The largest absolute Gasteiger partial charge is 0.367 e. The van der Waals surface area contributed by atoms with Crippen LogP contribution in [0.4, 0.5) is 10.1 Å². The van der Waals surface area contributed by atoms with E-state index in [4.69, 9.17) is 11.6 Å². The third kappa shape index (κ3) is 2.92. The van der Waals surface area contributed by atoms with E-state index in [2.05, 4.69) is 33.1 Å².